The van der Waals surface area contributed by atoms with Crippen molar-refractivity contribution < 1.29 is 14.2 Å². The average molecular weight is 424 g/mol. The molecule has 4 heteroatoms. The summed E-state index contributed by atoms with van der Waals surface area (Å²) < 4.78 is 17.6. The average Bonchev–Trinajstić information content (AvgIpc) is 2.87. The molecule has 0 bridgehead atoms. The Kier molecular flexibility index (Phi) is 6.83. The number of methoxy groups -OCH3 is 1. The molecule has 0 aliphatic heterocycles. The van der Waals surface area contributed by atoms with Crippen LogP contribution in [0.15, 0.2) is 97.6 Å². The second kappa shape index (κ2) is 10.3. The monoisotopic (exact) mass is 423 g/mol. The summed E-state index contributed by atoms with van der Waals surface area (Å²) in [6.45, 7) is 4.69. The number of rotatable bonds is 9. The normalized spacial score (nSPS) is 10.4. The zero-order valence-corrected chi connectivity index (χ0v) is 18.0. The Bertz CT molecular complexity index is 1170. The predicted octanol–water partition coefficient (Wildman–Crippen LogP) is 6.56. The zero-order chi connectivity index (χ0) is 22.2. The van der Waals surface area contributed by atoms with E-state index in [1.54, 1.807) is 13.2 Å². The first-order chi connectivity index (χ1) is 15.8. The van der Waals surface area contributed by atoms with Crippen molar-refractivity contribution in [3.05, 3.63) is 114 Å². The van der Waals surface area contributed by atoms with E-state index in [-0.39, 0.29) is 0 Å². The molecule has 0 atom stereocenters. The SMILES string of the molecule is C=Cc1ccc(-c2ccc(OCc3ccccc3)nc2OCc2ccccc2)cc1OC. The van der Waals surface area contributed by atoms with Gasteiger partial charge in [-0.05, 0) is 28.8 Å². The van der Waals surface area contributed by atoms with Gasteiger partial charge in [-0.3, -0.25) is 0 Å². The molecule has 32 heavy (non-hydrogen) atoms. The molecule has 160 valence electrons. The molecule has 0 unspecified atom stereocenters. The van der Waals surface area contributed by atoms with Gasteiger partial charge in [-0.15, -0.1) is 0 Å². The topological polar surface area (TPSA) is 40.6 Å². The fourth-order valence-electron chi connectivity index (χ4n) is 3.34. The highest BCUT2D eigenvalue weighted by atomic mass is 16.5. The molecule has 0 radical (unpaired) electrons. The largest absolute Gasteiger partial charge is 0.496 e. The van der Waals surface area contributed by atoms with Crippen molar-refractivity contribution in [2.45, 2.75) is 13.2 Å². The van der Waals surface area contributed by atoms with Gasteiger partial charge >= 0.3 is 0 Å². The van der Waals surface area contributed by atoms with Gasteiger partial charge in [-0.25, -0.2) is 0 Å². The lowest BCUT2D eigenvalue weighted by Crippen LogP contribution is -2.02. The lowest BCUT2D eigenvalue weighted by Gasteiger charge is -2.14. The van der Waals surface area contributed by atoms with E-state index in [0.29, 0.717) is 25.0 Å². The molecule has 0 amide bonds. The molecular formula is C28H25NO3. The van der Waals surface area contributed by atoms with E-state index in [1.807, 2.05) is 91.0 Å². The molecule has 0 saturated heterocycles. The van der Waals surface area contributed by atoms with Gasteiger partial charge in [0.05, 0.1) is 7.11 Å². The Morgan fingerprint density at radius 2 is 1.44 bits per heavy atom. The third-order valence-electron chi connectivity index (χ3n) is 5.05. The van der Waals surface area contributed by atoms with Crippen molar-refractivity contribution in [2.75, 3.05) is 7.11 Å². The summed E-state index contributed by atoms with van der Waals surface area (Å²) in [4.78, 5) is 4.67. The van der Waals surface area contributed by atoms with E-state index >= 15 is 0 Å². The molecule has 0 N–H and O–H groups in total. The first kappa shape index (κ1) is 21.2. The fraction of sp³-hybridized carbons (Fsp3) is 0.107. The number of nitrogens with zero attached hydrogens (tertiary/aromatic N) is 1. The summed E-state index contributed by atoms with van der Waals surface area (Å²) in [7, 11) is 1.65. The molecule has 1 heterocycles. The molecule has 0 saturated carbocycles. The van der Waals surface area contributed by atoms with Gasteiger partial charge in [0.2, 0.25) is 11.8 Å². The molecule has 4 aromatic rings. The quantitative estimate of drug-likeness (QED) is 0.306. The highest BCUT2D eigenvalue weighted by molar-refractivity contribution is 5.73. The van der Waals surface area contributed by atoms with Crippen molar-refractivity contribution in [3.8, 4) is 28.6 Å². The second-order valence-electron chi connectivity index (χ2n) is 7.21. The smallest absolute Gasteiger partial charge is 0.225 e. The minimum absolute atomic E-state index is 0.408. The van der Waals surface area contributed by atoms with Crippen molar-refractivity contribution in [2.24, 2.45) is 0 Å². The third-order valence-corrected chi connectivity index (χ3v) is 5.05. The second-order valence-corrected chi connectivity index (χ2v) is 7.21. The van der Waals surface area contributed by atoms with Gasteiger partial charge in [-0.1, -0.05) is 85.5 Å². The van der Waals surface area contributed by atoms with E-state index in [9.17, 15) is 0 Å². The van der Waals surface area contributed by atoms with Crippen LogP contribution >= 0.6 is 0 Å². The summed E-state index contributed by atoms with van der Waals surface area (Å²) in [6.07, 6.45) is 1.77. The predicted molar refractivity (Wildman–Crippen MR) is 128 cm³/mol. The van der Waals surface area contributed by atoms with Crippen LogP contribution in [0, 0.1) is 0 Å². The Hall–Kier alpha value is -4.05. The van der Waals surface area contributed by atoms with E-state index in [1.165, 1.54) is 0 Å². The van der Waals surface area contributed by atoms with Crippen LogP contribution < -0.4 is 14.2 Å². The summed E-state index contributed by atoms with van der Waals surface area (Å²) in [5.74, 6) is 1.76. The van der Waals surface area contributed by atoms with Crippen LogP contribution in [0.4, 0.5) is 0 Å². The van der Waals surface area contributed by atoms with Gasteiger partial charge in [0.25, 0.3) is 0 Å². The Balaban J connectivity index is 1.64. The maximum absolute atomic E-state index is 6.15. The highest BCUT2D eigenvalue weighted by Crippen LogP contribution is 2.34. The number of aromatic nitrogens is 1. The van der Waals surface area contributed by atoms with E-state index < -0.39 is 0 Å². The number of benzene rings is 3. The van der Waals surface area contributed by atoms with E-state index in [0.717, 1.165) is 33.6 Å². The Morgan fingerprint density at radius 1 is 0.781 bits per heavy atom. The van der Waals surface area contributed by atoms with Crippen LogP contribution in [-0.4, -0.2) is 12.1 Å². The number of pyridine rings is 1. The van der Waals surface area contributed by atoms with Gasteiger partial charge in [0, 0.05) is 17.2 Å². The van der Waals surface area contributed by atoms with Crippen molar-refractivity contribution in [1.82, 2.24) is 4.98 Å². The lowest BCUT2D eigenvalue weighted by molar-refractivity contribution is 0.268. The first-order valence-electron chi connectivity index (χ1n) is 10.4. The molecule has 1 aromatic heterocycles. The fourth-order valence-corrected chi connectivity index (χ4v) is 3.34. The van der Waals surface area contributed by atoms with Crippen LogP contribution in [-0.2, 0) is 13.2 Å². The molecule has 0 aliphatic carbocycles. The standard InChI is InChI=1S/C28H25NO3/c1-3-23-14-15-24(18-26(23)30-2)25-16-17-27(31-19-21-10-6-4-7-11-21)29-28(25)32-20-22-12-8-5-9-13-22/h3-18H,1,19-20H2,2H3. The van der Waals surface area contributed by atoms with Gasteiger partial charge < -0.3 is 14.2 Å². The maximum Gasteiger partial charge on any atom is 0.225 e. The Labute approximate surface area is 188 Å². The van der Waals surface area contributed by atoms with Crippen LogP contribution in [0.25, 0.3) is 17.2 Å². The van der Waals surface area contributed by atoms with Gasteiger partial charge in [-0.2, -0.15) is 4.98 Å². The van der Waals surface area contributed by atoms with Crippen molar-refractivity contribution in [3.63, 3.8) is 0 Å². The lowest BCUT2D eigenvalue weighted by atomic mass is 10.0. The minimum atomic E-state index is 0.408. The van der Waals surface area contributed by atoms with Gasteiger partial charge in [0.1, 0.15) is 19.0 Å². The van der Waals surface area contributed by atoms with Crippen LogP contribution in [0.3, 0.4) is 0 Å². The summed E-state index contributed by atoms with van der Waals surface area (Å²) >= 11 is 0. The van der Waals surface area contributed by atoms with E-state index in [4.69, 9.17) is 14.2 Å². The summed E-state index contributed by atoms with van der Waals surface area (Å²) in [5, 5.41) is 0. The first-order valence-corrected chi connectivity index (χ1v) is 10.4. The highest BCUT2D eigenvalue weighted by Gasteiger charge is 2.13. The Morgan fingerprint density at radius 3 is 2.06 bits per heavy atom. The minimum Gasteiger partial charge on any atom is -0.496 e. The van der Waals surface area contributed by atoms with Gasteiger partial charge in [0.15, 0.2) is 0 Å². The summed E-state index contributed by atoms with van der Waals surface area (Å²) in [6, 6.07) is 29.8. The summed E-state index contributed by atoms with van der Waals surface area (Å²) in [5.41, 5.74) is 4.88. The molecule has 0 fully saturated rings. The molecule has 3 aromatic carbocycles. The van der Waals surface area contributed by atoms with E-state index in [2.05, 4.69) is 11.6 Å². The molecule has 4 rings (SSSR count). The molecule has 0 spiro atoms. The molecule has 0 aliphatic rings. The number of hydrogen-bond donors (Lipinski definition) is 0. The number of hydrogen-bond acceptors (Lipinski definition) is 4. The van der Waals surface area contributed by atoms with Crippen LogP contribution in [0.5, 0.6) is 17.5 Å². The molecular weight excluding hydrogens is 398 g/mol. The zero-order valence-electron chi connectivity index (χ0n) is 18.0. The van der Waals surface area contributed by atoms with Crippen molar-refractivity contribution >= 4 is 6.08 Å². The number of ether oxygens (including phenoxy) is 3. The maximum atomic E-state index is 6.15. The van der Waals surface area contributed by atoms with Crippen LogP contribution in [0.1, 0.15) is 16.7 Å². The van der Waals surface area contributed by atoms with Crippen LogP contribution in [0.2, 0.25) is 0 Å². The van der Waals surface area contributed by atoms with Crippen molar-refractivity contribution in [1.29, 1.82) is 0 Å². The molecule has 4 nitrogen and oxygen atoms in total. The third kappa shape index (κ3) is 5.16.